The molecule has 3 heteroatoms. The predicted molar refractivity (Wildman–Crippen MR) is 52.2 cm³/mol. The summed E-state index contributed by atoms with van der Waals surface area (Å²) in [4.78, 5) is 1.74. The molecule has 1 rings (SSSR count). The van der Waals surface area contributed by atoms with Gasteiger partial charge in [0.25, 0.3) is 0 Å². The Balaban J connectivity index is 2.75. The van der Waals surface area contributed by atoms with Crippen LogP contribution in [0.2, 0.25) is 0 Å². The summed E-state index contributed by atoms with van der Waals surface area (Å²) in [5.74, 6) is 10.7. The van der Waals surface area contributed by atoms with Gasteiger partial charge in [0.2, 0.25) is 0 Å². The summed E-state index contributed by atoms with van der Waals surface area (Å²) in [6, 6.07) is 3.68. The Morgan fingerprint density at radius 3 is 1.85 bits per heavy atom. The third-order valence-electron chi connectivity index (χ3n) is 1.19. The normalized spacial score (nSPS) is 8.15. The molecule has 2 N–H and O–H groups in total. The van der Waals surface area contributed by atoms with E-state index >= 15 is 0 Å². The highest BCUT2D eigenvalue weighted by Crippen LogP contribution is 2.13. The van der Waals surface area contributed by atoms with Crippen LogP contribution in [0.15, 0.2) is 12.1 Å². The van der Waals surface area contributed by atoms with E-state index in [1.807, 2.05) is 12.1 Å². The summed E-state index contributed by atoms with van der Waals surface area (Å²) in [6.45, 7) is -0.259. The Bertz CT molecular complexity index is 348. The molecule has 0 aromatic carbocycles. The fraction of sp³-hybridized carbons (Fsp3) is 0.200. The number of rotatable bonds is 0. The molecule has 0 fully saturated rings. The molecule has 0 saturated heterocycles. The van der Waals surface area contributed by atoms with Gasteiger partial charge in [-0.15, -0.1) is 11.3 Å². The van der Waals surface area contributed by atoms with Crippen LogP contribution in [-0.2, 0) is 0 Å². The van der Waals surface area contributed by atoms with Gasteiger partial charge in [-0.25, -0.2) is 0 Å². The van der Waals surface area contributed by atoms with Crippen molar-refractivity contribution in [2.75, 3.05) is 13.2 Å². The maximum Gasteiger partial charge on any atom is 0.104 e. The molecule has 1 heterocycles. The van der Waals surface area contributed by atoms with E-state index in [4.69, 9.17) is 10.2 Å². The number of hydrogen-bond donors (Lipinski definition) is 2. The lowest BCUT2D eigenvalue weighted by Crippen LogP contribution is -1.71. The minimum atomic E-state index is -0.129. The highest BCUT2D eigenvalue weighted by molar-refractivity contribution is 7.13. The first-order valence-corrected chi connectivity index (χ1v) is 4.47. The second-order valence-electron chi connectivity index (χ2n) is 2.08. The van der Waals surface area contributed by atoms with Crippen LogP contribution < -0.4 is 0 Å². The maximum absolute atomic E-state index is 8.45. The molecule has 0 amide bonds. The average molecular weight is 192 g/mol. The number of thiophene rings is 1. The molecule has 0 spiro atoms. The Labute approximate surface area is 80.8 Å². The Morgan fingerprint density at radius 2 is 1.46 bits per heavy atom. The lowest BCUT2D eigenvalue weighted by atomic mass is 10.4. The van der Waals surface area contributed by atoms with Crippen LogP contribution in [0.5, 0.6) is 0 Å². The topological polar surface area (TPSA) is 40.5 Å². The van der Waals surface area contributed by atoms with Crippen molar-refractivity contribution >= 4 is 11.3 Å². The Kier molecular flexibility index (Phi) is 4.08. The van der Waals surface area contributed by atoms with Crippen molar-refractivity contribution in [3.05, 3.63) is 21.9 Å². The number of aliphatic hydroxyl groups excluding tert-OH is 2. The monoisotopic (exact) mass is 192 g/mol. The van der Waals surface area contributed by atoms with E-state index < -0.39 is 0 Å². The lowest BCUT2D eigenvalue weighted by molar-refractivity contribution is 0.350. The third-order valence-corrected chi connectivity index (χ3v) is 2.10. The van der Waals surface area contributed by atoms with Gasteiger partial charge in [0, 0.05) is 0 Å². The number of hydrogen-bond acceptors (Lipinski definition) is 3. The standard InChI is InChI=1S/C10H8O2S/c11-7-1-3-9-5-6-10(13-9)4-2-8-12/h5-6,11-12H,7-8H2. The van der Waals surface area contributed by atoms with Crippen molar-refractivity contribution in [3.8, 4) is 23.7 Å². The van der Waals surface area contributed by atoms with Crippen molar-refractivity contribution < 1.29 is 10.2 Å². The minimum Gasteiger partial charge on any atom is -0.384 e. The molecule has 0 aliphatic carbocycles. The van der Waals surface area contributed by atoms with Gasteiger partial charge in [-0.1, -0.05) is 23.7 Å². The molecule has 0 atom stereocenters. The van der Waals surface area contributed by atoms with Gasteiger partial charge in [-0.3, -0.25) is 0 Å². The van der Waals surface area contributed by atoms with Gasteiger partial charge >= 0.3 is 0 Å². The highest BCUT2D eigenvalue weighted by Gasteiger charge is 1.92. The van der Waals surface area contributed by atoms with Crippen LogP contribution in [0.1, 0.15) is 9.75 Å². The predicted octanol–water partition coefficient (Wildman–Crippen LogP) is 0.436. The molecule has 1 aromatic heterocycles. The first-order valence-electron chi connectivity index (χ1n) is 3.66. The Hall–Kier alpha value is -1.26. The molecule has 1 aromatic rings. The van der Waals surface area contributed by atoms with Crippen molar-refractivity contribution in [2.24, 2.45) is 0 Å². The molecule has 0 radical (unpaired) electrons. The summed E-state index contributed by atoms with van der Waals surface area (Å²) in [5, 5.41) is 16.9. The molecular formula is C10H8O2S. The van der Waals surface area contributed by atoms with E-state index in [0.29, 0.717) is 0 Å². The van der Waals surface area contributed by atoms with Crippen LogP contribution in [0.3, 0.4) is 0 Å². The van der Waals surface area contributed by atoms with Crippen LogP contribution in [-0.4, -0.2) is 23.4 Å². The molecule has 0 aliphatic rings. The second-order valence-corrected chi connectivity index (χ2v) is 3.17. The summed E-state index contributed by atoms with van der Waals surface area (Å²) in [7, 11) is 0. The van der Waals surface area contributed by atoms with Crippen LogP contribution >= 0.6 is 11.3 Å². The molecule has 66 valence electrons. The van der Waals surface area contributed by atoms with Crippen molar-refractivity contribution in [1.29, 1.82) is 0 Å². The van der Waals surface area contributed by atoms with Crippen molar-refractivity contribution in [1.82, 2.24) is 0 Å². The summed E-state index contributed by atoms with van der Waals surface area (Å²) in [5.41, 5.74) is 0. The molecule has 0 saturated carbocycles. The number of aliphatic hydroxyl groups is 2. The van der Waals surface area contributed by atoms with Crippen molar-refractivity contribution in [3.63, 3.8) is 0 Å². The van der Waals surface area contributed by atoms with E-state index in [0.717, 1.165) is 9.75 Å². The summed E-state index contributed by atoms with van der Waals surface area (Å²) in [6.07, 6.45) is 0. The molecule has 0 aliphatic heterocycles. The molecule has 2 nitrogen and oxygen atoms in total. The smallest absolute Gasteiger partial charge is 0.104 e. The average Bonchev–Trinajstić information content (AvgIpc) is 2.59. The lowest BCUT2D eigenvalue weighted by Gasteiger charge is -1.76. The zero-order valence-electron chi connectivity index (χ0n) is 6.87. The Morgan fingerprint density at radius 1 is 1.00 bits per heavy atom. The van der Waals surface area contributed by atoms with Crippen LogP contribution in [0, 0.1) is 23.7 Å². The highest BCUT2D eigenvalue weighted by atomic mass is 32.1. The zero-order chi connectivity index (χ0) is 9.52. The van der Waals surface area contributed by atoms with Gasteiger partial charge < -0.3 is 10.2 Å². The van der Waals surface area contributed by atoms with Gasteiger partial charge in [-0.05, 0) is 12.1 Å². The molecular weight excluding hydrogens is 184 g/mol. The van der Waals surface area contributed by atoms with E-state index in [1.54, 1.807) is 0 Å². The SMILES string of the molecule is OCC#Cc1ccc(C#CCO)s1. The van der Waals surface area contributed by atoms with Gasteiger partial charge in [0.1, 0.15) is 13.2 Å². The van der Waals surface area contributed by atoms with Crippen LogP contribution in [0.4, 0.5) is 0 Å². The van der Waals surface area contributed by atoms with E-state index in [2.05, 4.69) is 23.7 Å². The van der Waals surface area contributed by atoms with Gasteiger partial charge in [-0.2, -0.15) is 0 Å². The van der Waals surface area contributed by atoms with Gasteiger partial charge in [0.05, 0.1) is 9.75 Å². The first-order chi connectivity index (χ1) is 6.36. The van der Waals surface area contributed by atoms with E-state index in [-0.39, 0.29) is 13.2 Å². The fourth-order valence-corrected chi connectivity index (χ4v) is 1.48. The largest absolute Gasteiger partial charge is 0.384 e. The fourth-order valence-electron chi connectivity index (χ4n) is 0.726. The molecule has 0 bridgehead atoms. The summed E-state index contributed by atoms with van der Waals surface area (Å²) < 4.78 is 0. The summed E-state index contributed by atoms with van der Waals surface area (Å²) >= 11 is 1.44. The third kappa shape index (κ3) is 3.31. The minimum absolute atomic E-state index is 0.129. The molecule has 13 heavy (non-hydrogen) atoms. The van der Waals surface area contributed by atoms with Crippen LogP contribution in [0.25, 0.3) is 0 Å². The van der Waals surface area contributed by atoms with Gasteiger partial charge in [0.15, 0.2) is 0 Å². The molecule has 0 unspecified atom stereocenters. The second kappa shape index (κ2) is 5.40. The first kappa shape index (κ1) is 9.83. The maximum atomic E-state index is 8.45. The van der Waals surface area contributed by atoms with E-state index in [1.165, 1.54) is 11.3 Å². The van der Waals surface area contributed by atoms with Crippen molar-refractivity contribution in [2.45, 2.75) is 0 Å². The van der Waals surface area contributed by atoms with E-state index in [9.17, 15) is 0 Å². The quantitative estimate of drug-likeness (QED) is 0.585. The zero-order valence-corrected chi connectivity index (χ0v) is 7.69.